The fraction of sp³-hybridized carbons (Fsp3) is 1.00. The van der Waals surface area contributed by atoms with Crippen molar-refractivity contribution < 1.29 is 38.9 Å². The van der Waals surface area contributed by atoms with E-state index in [0.29, 0.717) is 0 Å². The van der Waals surface area contributed by atoms with E-state index in [1.54, 1.807) is 0 Å². The first-order chi connectivity index (χ1) is 6.72. The molecular formula is C6H13O8P. The van der Waals surface area contributed by atoms with Crippen molar-refractivity contribution in [1.29, 1.82) is 0 Å². The van der Waals surface area contributed by atoms with E-state index in [1.165, 1.54) is 6.92 Å². The summed E-state index contributed by atoms with van der Waals surface area (Å²) >= 11 is 0. The first-order valence-corrected chi connectivity index (χ1v) is 5.69. The second-order valence-electron chi connectivity index (χ2n) is 3.28. The first kappa shape index (κ1) is 13.0. The normalized spacial score (nSPS) is 42.9. The van der Waals surface area contributed by atoms with Crippen LogP contribution in [0.25, 0.3) is 0 Å². The number of phosphoric acid groups is 1. The number of aliphatic hydroxyl groups excluding tert-OH is 3. The third-order valence-corrected chi connectivity index (χ3v) is 2.53. The number of phosphoric ester groups is 1. The number of hydrogen-bond donors (Lipinski definition) is 5. The third kappa shape index (κ3) is 3.20. The molecule has 90 valence electrons. The zero-order valence-corrected chi connectivity index (χ0v) is 8.69. The number of rotatable bonds is 2. The average Bonchev–Trinajstić information content (AvgIpc) is 2.08. The first-order valence-electron chi connectivity index (χ1n) is 4.16. The van der Waals surface area contributed by atoms with Crippen LogP contribution in [-0.4, -0.2) is 55.8 Å². The van der Waals surface area contributed by atoms with Crippen molar-refractivity contribution in [2.24, 2.45) is 0 Å². The largest absolute Gasteiger partial charge is 0.472 e. The van der Waals surface area contributed by atoms with Gasteiger partial charge in [0, 0.05) is 0 Å². The molecule has 0 aliphatic carbocycles. The number of ether oxygens (including phenoxy) is 1. The molecule has 15 heavy (non-hydrogen) atoms. The molecule has 0 aromatic rings. The summed E-state index contributed by atoms with van der Waals surface area (Å²) in [5.74, 6) is 0. The van der Waals surface area contributed by atoms with E-state index in [4.69, 9.17) is 14.5 Å². The molecule has 1 heterocycles. The molecule has 0 saturated carbocycles. The van der Waals surface area contributed by atoms with Crippen molar-refractivity contribution in [1.82, 2.24) is 0 Å². The molecule has 0 spiro atoms. The van der Waals surface area contributed by atoms with Crippen LogP contribution >= 0.6 is 7.82 Å². The summed E-state index contributed by atoms with van der Waals surface area (Å²) in [6, 6.07) is 0. The molecule has 9 heteroatoms. The van der Waals surface area contributed by atoms with Crippen molar-refractivity contribution in [3.63, 3.8) is 0 Å². The Morgan fingerprint density at radius 2 is 1.67 bits per heavy atom. The number of hydrogen-bond acceptors (Lipinski definition) is 6. The van der Waals surface area contributed by atoms with Gasteiger partial charge in [0.05, 0.1) is 6.10 Å². The maximum Gasteiger partial charge on any atom is 0.472 e. The van der Waals surface area contributed by atoms with Gasteiger partial charge in [-0.1, -0.05) is 0 Å². The van der Waals surface area contributed by atoms with Gasteiger partial charge < -0.3 is 29.8 Å². The molecule has 0 aromatic heterocycles. The Balaban J connectivity index is 2.71. The van der Waals surface area contributed by atoms with Crippen LogP contribution in [0.3, 0.4) is 0 Å². The summed E-state index contributed by atoms with van der Waals surface area (Å²) in [6.45, 7) is 1.37. The summed E-state index contributed by atoms with van der Waals surface area (Å²) in [7, 11) is -4.82. The second-order valence-corrected chi connectivity index (χ2v) is 4.47. The molecule has 0 aromatic carbocycles. The van der Waals surface area contributed by atoms with Gasteiger partial charge in [-0.05, 0) is 6.92 Å². The molecule has 1 aliphatic heterocycles. The van der Waals surface area contributed by atoms with Crippen LogP contribution in [0.15, 0.2) is 0 Å². The van der Waals surface area contributed by atoms with Crippen LogP contribution in [0.1, 0.15) is 6.92 Å². The van der Waals surface area contributed by atoms with Crippen LogP contribution in [-0.2, 0) is 13.8 Å². The van der Waals surface area contributed by atoms with E-state index >= 15 is 0 Å². The molecule has 1 aliphatic rings. The Kier molecular flexibility index (Phi) is 3.85. The van der Waals surface area contributed by atoms with Crippen LogP contribution in [0.4, 0.5) is 0 Å². The lowest BCUT2D eigenvalue weighted by atomic mass is 10.0. The molecule has 0 bridgehead atoms. The van der Waals surface area contributed by atoms with Crippen molar-refractivity contribution >= 4 is 7.82 Å². The summed E-state index contributed by atoms with van der Waals surface area (Å²) in [5, 5.41) is 27.8. The highest BCUT2D eigenvalue weighted by atomic mass is 31.2. The molecule has 5 atom stereocenters. The van der Waals surface area contributed by atoms with Crippen molar-refractivity contribution in [3.05, 3.63) is 0 Å². The number of aliphatic hydroxyl groups is 3. The molecule has 0 radical (unpaired) electrons. The van der Waals surface area contributed by atoms with Crippen LogP contribution in [0.5, 0.6) is 0 Å². The lowest BCUT2D eigenvalue weighted by molar-refractivity contribution is -0.271. The van der Waals surface area contributed by atoms with E-state index in [-0.39, 0.29) is 0 Å². The fourth-order valence-corrected chi connectivity index (χ4v) is 1.68. The maximum atomic E-state index is 10.5. The van der Waals surface area contributed by atoms with E-state index in [2.05, 4.69) is 4.52 Å². The van der Waals surface area contributed by atoms with Crippen molar-refractivity contribution in [2.75, 3.05) is 0 Å². The van der Waals surface area contributed by atoms with Gasteiger partial charge in [0.1, 0.15) is 18.3 Å². The molecular weight excluding hydrogens is 231 g/mol. The summed E-state index contributed by atoms with van der Waals surface area (Å²) < 4.78 is 19.4. The van der Waals surface area contributed by atoms with Gasteiger partial charge >= 0.3 is 7.82 Å². The van der Waals surface area contributed by atoms with Gasteiger partial charge in [0.25, 0.3) is 0 Å². The Morgan fingerprint density at radius 1 is 1.13 bits per heavy atom. The zero-order chi connectivity index (χ0) is 11.8. The summed E-state index contributed by atoms with van der Waals surface area (Å²) in [6.07, 6.45) is -7.20. The molecule has 0 amide bonds. The smallest absolute Gasteiger partial charge is 0.388 e. The lowest BCUT2D eigenvalue weighted by Gasteiger charge is -2.38. The minimum Gasteiger partial charge on any atom is -0.388 e. The zero-order valence-electron chi connectivity index (χ0n) is 7.79. The average molecular weight is 244 g/mol. The molecule has 8 nitrogen and oxygen atoms in total. The van der Waals surface area contributed by atoms with Gasteiger partial charge in [0.15, 0.2) is 6.29 Å². The van der Waals surface area contributed by atoms with Crippen molar-refractivity contribution in [2.45, 2.75) is 37.6 Å². The van der Waals surface area contributed by atoms with E-state index < -0.39 is 38.5 Å². The van der Waals surface area contributed by atoms with Crippen LogP contribution in [0.2, 0.25) is 0 Å². The van der Waals surface area contributed by atoms with E-state index in [1.807, 2.05) is 0 Å². The molecule has 1 fully saturated rings. The SMILES string of the molecule is C[C@@H]1O[C@H](OP(=O)(O)O)[C@H](O)[C@H](O)[C@H]1O. The molecule has 5 N–H and O–H groups in total. The van der Waals surface area contributed by atoms with Crippen LogP contribution < -0.4 is 0 Å². The van der Waals surface area contributed by atoms with Gasteiger partial charge in [-0.2, -0.15) is 0 Å². The predicted octanol–water partition coefficient (Wildman–Crippen LogP) is -2.08. The highest BCUT2D eigenvalue weighted by Gasteiger charge is 2.44. The quantitative estimate of drug-likeness (QED) is 0.349. The van der Waals surface area contributed by atoms with Gasteiger partial charge in [-0.15, -0.1) is 0 Å². The molecule has 1 rings (SSSR count). The van der Waals surface area contributed by atoms with Crippen molar-refractivity contribution in [3.8, 4) is 0 Å². The Hall–Kier alpha value is -0.0500. The molecule has 1 saturated heterocycles. The van der Waals surface area contributed by atoms with Crippen LogP contribution in [0, 0.1) is 0 Å². The third-order valence-electron chi connectivity index (χ3n) is 2.05. The lowest BCUT2D eigenvalue weighted by Crippen LogP contribution is -2.57. The summed E-state index contributed by atoms with van der Waals surface area (Å²) in [4.78, 5) is 17.0. The Bertz CT molecular complexity index is 264. The van der Waals surface area contributed by atoms with Gasteiger partial charge in [0.2, 0.25) is 0 Å². The Morgan fingerprint density at radius 3 is 2.13 bits per heavy atom. The topological polar surface area (TPSA) is 137 Å². The second kappa shape index (κ2) is 4.44. The highest BCUT2D eigenvalue weighted by Crippen LogP contribution is 2.40. The fourth-order valence-electron chi connectivity index (χ4n) is 1.24. The minimum absolute atomic E-state index is 0.903. The van der Waals surface area contributed by atoms with Gasteiger partial charge in [-0.3, -0.25) is 4.52 Å². The Labute approximate surface area is 85.3 Å². The standard InChI is InChI=1S/C6H13O8P/c1-2-3(7)4(8)5(9)6(13-2)14-15(10,11)12/h2-9H,1H3,(H2,10,11,12)/t2-,3-,4+,5+,6+/m0/s1. The minimum atomic E-state index is -4.82. The maximum absolute atomic E-state index is 10.5. The van der Waals surface area contributed by atoms with Gasteiger partial charge in [-0.25, -0.2) is 4.57 Å². The van der Waals surface area contributed by atoms with E-state index in [9.17, 15) is 19.9 Å². The highest BCUT2D eigenvalue weighted by molar-refractivity contribution is 7.46. The van der Waals surface area contributed by atoms with E-state index in [0.717, 1.165) is 0 Å². The molecule has 0 unspecified atom stereocenters. The summed E-state index contributed by atoms with van der Waals surface area (Å²) in [5.41, 5.74) is 0. The predicted molar refractivity (Wildman–Crippen MR) is 45.5 cm³/mol. The monoisotopic (exact) mass is 244 g/mol.